The highest BCUT2D eigenvalue weighted by Crippen LogP contribution is 2.17. The van der Waals surface area contributed by atoms with Gasteiger partial charge in [0.05, 0.1) is 5.75 Å². The van der Waals surface area contributed by atoms with Gasteiger partial charge in [0.25, 0.3) is 0 Å². The first-order chi connectivity index (χ1) is 8.09. The SMILES string of the molecule is O=S(=O)(Cc1ccccc1)C(O)[C@@H]1CCCN1. The summed E-state index contributed by atoms with van der Waals surface area (Å²) < 4.78 is 24.0. The molecule has 0 radical (unpaired) electrons. The second kappa shape index (κ2) is 5.16. The van der Waals surface area contributed by atoms with E-state index in [1.54, 1.807) is 24.3 Å². The van der Waals surface area contributed by atoms with E-state index in [1.807, 2.05) is 6.07 Å². The van der Waals surface area contributed by atoms with E-state index in [0.29, 0.717) is 5.56 Å². The van der Waals surface area contributed by atoms with Crippen molar-refractivity contribution in [2.24, 2.45) is 0 Å². The van der Waals surface area contributed by atoms with E-state index in [0.717, 1.165) is 19.4 Å². The van der Waals surface area contributed by atoms with Gasteiger partial charge in [-0.3, -0.25) is 0 Å². The number of aliphatic hydroxyl groups is 1. The number of aliphatic hydroxyl groups excluding tert-OH is 1. The highest BCUT2D eigenvalue weighted by atomic mass is 32.2. The van der Waals surface area contributed by atoms with Crippen molar-refractivity contribution >= 4 is 9.84 Å². The molecular weight excluding hydrogens is 238 g/mol. The van der Waals surface area contributed by atoms with E-state index in [9.17, 15) is 13.5 Å². The molecule has 1 aliphatic heterocycles. The maximum Gasteiger partial charge on any atom is 0.182 e. The predicted octanol–water partition coefficient (Wildman–Crippen LogP) is 0.672. The molecule has 0 aromatic heterocycles. The molecule has 1 heterocycles. The molecular formula is C12H17NO3S. The minimum absolute atomic E-state index is 0.104. The standard InChI is InChI=1S/C12H17NO3S/c14-12(11-7-4-8-13-11)17(15,16)9-10-5-2-1-3-6-10/h1-3,5-6,11-14H,4,7-9H2/t11-,12?/m0/s1. The first kappa shape index (κ1) is 12.5. The molecule has 1 unspecified atom stereocenters. The van der Waals surface area contributed by atoms with Gasteiger partial charge in [0.15, 0.2) is 15.3 Å². The molecule has 17 heavy (non-hydrogen) atoms. The fraction of sp³-hybridized carbons (Fsp3) is 0.500. The Bertz CT molecular complexity index is 452. The molecule has 5 heteroatoms. The molecule has 1 aromatic rings. The monoisotopic (exact) mass is 255 g/mol. The maximum atomic E-state index is 12.0. The lowest BCUT2D eigenvalue weighted by atomic mass is 10.2. The summed E-state index contributed by atoms with van der Waals surface area (Å²) in [7, 11) is -3.50. The highest BCUT2D eigenvalue weighted by Gasteiger charge is 2.33. The van der Waals surface area contributed by atoms with Crippen LogP contribution in [0.1, 0.15) is 18.4 Å². The Kier molecular flexibility index (Phi) is 3.81. The lowest BCUT2D eigenvalue weighted by Gasteiger charge is -2.18. The Morgan fingerprint density at radius 3 is 2.65 bits per heavy atom. The lowest BCUT2D eigenvalue weighted by Crippen LogP contribution is -2.40. The molecule has 0 amide bonds. The minimum atomic E-state index is -3.50. The van der Waals surface area contributed by atoms with Crippen LogP contribution in [0.3, 0.4) is 0 Å². The van der Waals surface area contributed by atoms with Crippen molar-refractivity contribution < 1.29 is 13.5 Å². The first-order valence-corrected chi connectivity index (χ1v) is 7.48. The molecule has 2 rings (SSSR count). The molecule has 1 fully saturated rings. The Morgan fingerprint density at radius 1 is 1.35 bits per heavy atom. The number of benzene rings is 1. The van der Waals surface area contributed by atoms with Gasteiger partial charge in [-0.2, -0.15) is 0 Å². The predicted molar refractivity (Wildman–Crippen MR) is 66.1 cm³/mol. The summed E-state index contributed by atoms with van der Waals surface area (Å²) in [5.41, 5.74) is -0.588. The molecule has 1 aromatic carbocycles. The molecule has 1 saturated heterocycles. The summed E-state index contributed by atoms with van der Waals surface area (Å²) in [6.45, 7) is 0.780. The van der Waals surface area contributed by atoms with Gasteiger partial charge in [0.1, 0.15) is 0 Å². The van der Waals surface area contributed by atoms with Gasteiger partial charge in [0, 0.05) is 6.04 Å². The molecule has 1 aliphatic rings. The zero-order valence-corrected chi connectivity index (χ0v) is 10.4. The zero-order chi connectivity index (χ0) is 12.3. The van der Waals surface area contributed by atoms with Gasteiger partial charge >= 0.3 is 0 Å². The van der Waals surface area contributed by atoms with Gasteiger partial charge < -0.3 is 10.4 Å². The number of sulfone groups is 1. The van der Waals surface area contributed by atoms with E-state index in [4.69, 9.17) is 0 Å². The summed E-state index contributed by atoms with van der Waals surface area (Å²) in [5, 5.41) is 12.9. The number of hydrogen-bond donors (Lipinski definition) is 2. The quantitative estimate of drug-likeness (QED) is 0.830. The molecule has 0 bridgehead atoms. The molecule has 4 nitrogen and oxygen atoms in total. The van der Waals surface area contributed by atoms with Crippen LogP contribution in [-0.2, 0) is 15.6 Å². The fourth-order valence-corrected chi connectivity index (χ4v) is 3.66. The van der Waals surface area contributed by atoms with Crippen molar-refractivity contribution in [1.29, 1.82) is 0 Å². The van der Waals surface area contributed by atoms with Crippen molar-refractivity contribution in [2.45, 2.75) is 30.1 Å². The third-order valence-corrected chi connectivity index (χ3v) is 4.82. The molecule has 0 spiro atoms. The van der Waals surface area contributed by atoms with Crippen LogP contribution in [0.2, 0.25) is 0 Å². The van der Waals surface area contributed by atoms with Gasteiger partial charge in [-0.25, -0.2) is 8.42 Å². The first-order valence-electron chi connectivity index (χ1n) is 5.76. The molecule has 0 saturated carbocycles. The number of nitrogens with one attached hydrogen (secondary N) is 1. The van der Waals surface area contributed by atoms with Crippen molar-refractivity contribution in [3.63, 3.8) is 0 Å². The van der Waals surface area contributed by atoms with E-state index >= 15 is 0 Å². The van der Waals surface area contributed by atoms with Crippen LogP contribution in [0.15, 0.2) is 30.3 Å². The second-order valence-corrected chi connectivity index (χ2v) is 6.48. The van der Waals surface area contributed by atoms with E-state index in [2.05, 4.69) is 5.32 Å². The zero-order valence-electron chi connectivity index (χ0n) is 9.54. The lowest BCUT2D eigenvalue weighted by molar-refractivity contribution is 0.207. The summed E-state index contributed by atoms with van der Waals surface area (Å²) >= 11 is 0. The van der Waals surface area contributed by atoms with E-state index in [-0.39, 0.29) is 11.8 Å². The Labute approximate surface area is 102 Å². The van der Waals surface area contributed by atoms with Gasteiger partial charge in [0.2, 0.25) is 0 Å². The largest absolute Gasteiger partial charge is 0.376 e. The van der Waals surface area contributed by atoms with Crippen LogP contribution in [0.5, 0.6) is 0 Å². The Hall–Kier alpha value is -0.910. The molecule has 0 aliphatic carbocycles. The second-order valence-electron chi connectivity index (χ2n) is 4.39. The number of hydrogen-bond acceptors (Lipinski definition) is 4. The summed E-state index contributed by atoms with van der Waals surface area (Å²) in [5.74, 6) is -0.104. The third-order valence-electron chi connectivity index (χ3n) is 3.02. The van der Waals surface area contributed by atoms with Crippen LogP contribution in [0.4, 0.5) is 0 Å². The van der Waals surface area contributed by atoms with Gasteiger partial charge in [-0.15, -0.1) is 0 Å². The van der Waals surface area contributed by atoms with Crippen molar-refractivity contribution in [2.75, 3.05) is 6.54 Å². The maximum absolute atomic E-state index is 12.0. The van der Waals surface area contributed by atoms with Crippen molar-refractivity contribution in [3.8, 4) is 0 Å². The Balaban J connectivity index is 2.08. The summed E-state index contributed by atoms with van der Waals surface area (Å²) in [6, 6.07) is 8.63. The van der Waals surface area contributed by atoms with E-state index < -0.39 is 15.3 Å². The van der Waals surface area contributed by atoms with Crippen LogP contribution < -0.4 is 5.32 Å². The normalized spacial score (nSPS) is 22.5. The smallest absolute Gasteiger partial charge is 0.182 e. The number of rotatable bonds is 4. The van der Waals surface area contributed by atoms with Gasteiger partial charge in [-0.1, -0.05) is 30.3 Å². The van der Waals surface area contributed by atoms with Gasteiger partial charge in [-0.05, 0) is 24.9 Å². The third kappa shape index (κ3) is 3.06. The summed E-state index contributed by atoms with van der Waals surface area (Å²) in [6.07, 6.45) is 1.64. The van der Waals surface area contributed by atoms with E-state index in [1.165, 1.54) is 0 Å². The van der Waals surface area contributed by atoms with Crippen LogP contribution in [0.25, 0.3) is 0 Å². The molecule has 2 N–H and O–H groups in total. The minimum Gasteiger partial charge on any atom is -0.376 e. The van der Waals surface area contributed by atoms with Crippen LogP contribution in [0, 0.1) is 0 Å². The average molecular weight is 255 g/mol. The van der Waals surface area contributed by atoms with Crippen molar-refractivity contribution in [3.05, 3.63) is 35.9 Å². The topological polar surface area (TPSA) is 66.4 Å². The fourth-order valence-electron chi connectivity index (χ4n) is 2.10. The molecule has 94 valence electrons. The highest BCUT2D eigenvalue weighted by molar-refractivity contribution is 7.91. The van der Waals surface area contributed by atoms with Crippen LogP contribution >= 0.6 is 0 Å². The Morgan fingerprint density at radius 2 is 2.06 bits per heavy atom. The molecule has 2 atom stereocenters. The van der Waals surface area contributed by atoms with Crippen molar-refractivity contribution in [1.82, 2.24) is 5.32 Å². The van der Waals surface area contributed by atoms with Crippen LogP contribution in [-0.4, -0.2) is 31.5 Å². The average Bonchev–Trinajstić information content (AvgIpc) is 2.82. The summed E-state index contributed by atoms with van der Waals surface area (Å²) in [4.78, 5) is 0.